The van der Waals surface area contributed by atoms with Gasteiger partial charge in [0.2, 0.25) is 0 Å². The van der Waals surface area contributed by atoms with Gasteiger partial charge in [0.1, 0.15) is 0 Å². The van der Waals surface area contributed by atoms with E-state index in [2.05, 4.69) is 30.9 Å². The summed E-state index contributed by atoms with van der Waals surface area (Å²) in [6, 6.07) is 4.34. The number of hydrogen-bond donors (Lipinski definition) is 0. The lowest BCUT2D eigenvalue weighted by Gasteiger charge is -2.47. The van der Waals surface area contributed by atoms with Crippen LogP contribution in [0, 0.1) is 19.3 Å². The molecule has 122 valence electrons. The summed E-state index contributed by atoms with van der Waals surface area (Å²) in [6.07, 6.45) is 6.42. The van der Waals surface area contributed by atoms with Crippen molar-refractivity contribution in [3.63, 3.8) is 0 Å². The standard InChI is InChI=1S/C20H25NO2/c1-14-11-15(2)18-16(12-14)3-4-17(18)19(22)23-13-20-5-8-21(9-6-20)10-7-20/h4,11-12H,3,5-10,13H2,1-2H3. The second kappa shape index (κ2) is 5.48. The summed E-state index contributed by atoms with van der Waals surface area (Å²) >= 11 is 0. The van der Waals surface area contributed by atoms with Crippen molar-refractivity contribution in [3.8, 4) is 0 Å². The Kier molecular flexibility index (Phi) is 3.56. The lowest BCUT2D eigenvalue weighted by atomic mass is 9.73. The van der Waals surface area contributed by atoms with Crippen LogP contribution >= 0.6 is 0 Å². The minimum Gasteiger partial charge on any atom is -0.461 e. The highest BCUT2D eigenvalue weighted by Gasteiger charge is 2.40. The number of fused-ring (bicyclic) bond motifs is 4. The molecule has 1 aromatic rings. The van der Waals surface area contributed by atoms with E-state index in [-0.39, 0.29) is 11.4 Å². The molecule has 1 aromatic carbocycles. The summed E-state index contributed by atoms with van der Waals surface area (Å²) in [4.78, 5) is 15.2. The number of allylic oxidation sites excluding steroid dienone is 1. The number of piperidine rings is 3. The Labute approximate surface area is 138 Å². The first-order valence-electron chi connectivity index (χ1n) is 8.76. The Hall–Kier alpha value is -1.61. The smallest absolute Gasteiger partial charge is 0.338 e. The molecule has 3 heteroatoms. The van der Waals surface area contributed by atoms with Crippen molar-refractivity contribution in [2.45, 2.75) is 39.5 Å². The van der Waals surface area contributed by atoms with Gasteiger partial charge in [-0.05, 0) is 75.9 Å². The second-order valence-corrected chi connectivity index (χ2v) is 7.61. The third-order valence-electron chi connectivity index (χ3n) is 5.96. The van der Waals surface area contributed by atoms with Crippen LogP contribution in [0.3, 0.4) is 0 Å². The minimum absolute atomic E-state index is 0.127. The highest BCUT2D eigenvalue weighted by Crippen LogP contribution is 2.41. The Balaban J connectivity index is 1.47. The Morgan fingerprint density at radius 2 is 1.87 bits per heavy atom. The van der Waals surface area contributed by atoms with Gasteiger partial charge in [-0.25, -0.2) is 4.79 Å². The Morgan fingerprint density at radius 1 is 1.17 bits per heavy atom. The van der Waals surface area contributed by atoms with Crippen LogP contribution in [0.4, 0.5) is 0 Å². The van der Waals surface area contributed by atoms with Crippen molar-refractivity contribution in [3.05, 3.63) is 40.5 Å². The quantitative estimate of drug-likeness (QED) is 0.802. The average molecular weight is 311 g/mol. The van der Waals surface area contributed by atoms with E-state index in [0.717, 1.165) is 17.6 Å². The number of ether oxygens (including phenoxy) is 1. The van der Waals surface area contributed by atoms with Gasteiger partial charge < -0.3 is 9.64 Å². The minimum atomic E-state index is -0.127. The van der Waals surface area contributed by atoms with Crippen LogP contribution in [0.15, 0.2) is 18.2 Å². The number of benzene rings is 1. The highest BCUT2D eigenvalue weighted by atomic mass is 16.5. The molecular formula is C20H25NO2. The number of carbonyl (C=O) groups excluding carboxylic acids is 1. The van der Waals surface area contributed by atoms with Crippen LogP contribution in [0.25, 0.3) is 5.57 Å². The van der Waals surface area contributed by atoms with Gasteiger partial charge in [0.15, 0.2) is 0 Å². The molecule has 3 nitrogen and oxygen atoms in total. The van der Waals surface area contributed by atoms with Gasteiger partial charge in [0, 0.05) is 5.41 Å². The van der Waals surface area contributed by atoms with Crippen molar-refractivity contribution >= 4 is 11.5 Å². The van der Waals surface area contributed by atoms with Crippen molar-refractivity contribution in [2.75, 3.05) is 26.2 Å². The van der Waals surface area contributed by atoms with E-state index >= 15 is 0 Å². The van der Waals surface area contributed by atoms with E-state index in [4.69, 9.17) is 4.74 Å². The molecule has 0 saturated carbocycles. The van der Waals surface area contributed by atoms with E-state index in [9.17, 15) is 4.79 Å². The lowest BCUT2D eigenvalue weighted by Crippen LogP contribution is -2.50. The summed E-state index contributed by atoms with van der Waals surface area (Å²) in [5.74, 6) is -0.127. The van der Waals surface area contributed by atoms with Crippen molar-refractivity contribution < 1.29 is 9.53 Å². The monoisotopic (exact) mass is 311 g/mol. The molecule has 23 heavy (non-hydrogen) atoms. The maximum Gasteiger partial charge on any atom is 0.338 e. The molecule has 5 rings (SSSR count). The fraction of sp³-hybridized carbons (Fsp3) is 0.550. The van der Waals surface area contributed by atoms with Gasteiger partial charge in [-0.2, -0.15) is 0 Å². The van der Waals surface area contributed by atoms with Crippen molar-refractivity contribution in [1.82, 2.24) is 4.90 Å². The molecule has 0 spiro atoms. The average Bonchev–Trinajstić information content (AvgIpc) is 2.98. The fourth-order valence-corrected chi connectivity index (χ4v) is 4.51. The van der Waals surface area contributed by atoms with Gasteiger partial charge in [0.05, 0.1) is 12.2 Å². The van der Waals surface area contributed by atoms with E-state index in [1.54, 1.807) is 0 Å². The third-order valence-corrected chi connectivity index (χ3v) is 5.96. The zero-order valence-corrected chi connectivity index (χ0v) is 14.2. The van der Waals surface area contributed by atoms with Gasteiger partial charge >= 0.3 is 5.97 Å². The van der Waals surface area contributed by atoms with Gasteiger partial charge in [0.25, 0.3) is 0 Å². The number of nitrogens with zero attached hydrogens (tertiary/aromatic N) is 1. The van der Waals surface area contributed by atoms with Gasteiger partial charge in [-0.15, -0.1) is 0 Å². The molecule has 3 fully saturated rings. The number of aryl methyl sites for hydroxylation is 2. The summed E-state index contributed by atoms with van der Waals surface area (Å²) in [7, 11) is 0. The number of rotatable bonds is 3. The molecular weight excluding hydrogens is 286 g/mol. The number of carbonyl (C=O) groups is 1. The van der Waals surface area contributed by atoms with Gasteiger partial charge in [-0.1, -0.05) is 23.8 Å². The molecule has 2 bridgehead atoms. The van der Waals surface area contributed by atoms with Crippen molar-refractivity contribution in [2.24, 2.45) is 5.41 Å². The van der Waals surface area contributed by atoms with E-state index in [0.29, 0.717) is 6.61 Å². The Bertz CT molecular complexity index is 667. The third kappa shape index (κ3) is 2.61. The molecule has 0 atom stereocenters. The van der Waals surface area contributed by atoms with E-state index < -0.39 is 0 Å². The van der Waals surface area contributed by atoms with Crippen LogP contribution < -0.4 is 0 Å². The first-order valence-corrected chi connectivity index (χ1v) is 8.76. The number of hydrogen-bond acceptors (Lipinski definition) is 3. The SMILES string of the molecule is Cc1cc(C)c2c(c1)CC=C2C(=O)OCC12CCN(CC1)CC2. The highest BCUT2D eigenvalue weighted by molar-refractivity contribution is 6.18. The molecule has 0 unspecified atom stereocenters. The molecule has 0 amide bonds. The summed E-state index contributed by atoms with van der Waals surface area (Å²) in [6.45, 7) is 8.30. The largest absolute Gasteiger partial charge is 0.461 e. The normalized spacial score (nSPS) is 28.4. The molecule has 0 radical (unpaired) electrons. The first kappa shape index (κ1) is 14.9. The molecule has 0 aromatic heterocycles. The molecule has 4 aliphatic rings. The van der Waals surface area contributed by atoms with Crippen LogP contribution in [0.5, 0.6) is 0 Å². The van der Waals surface area contributed by atoms with Crippen LogP contribution in [0.1, 0.15) is 41.5 Å². The zero-order chi connectivity index (χ0) is 16.0. The van der Waals surface area contributed by atoms with Crippen LogP contribution in [0.2, 0.25) is 0 Å². The second-order valence-electron chi connectivity index (χ2n) is 7.61. The maximum atomic E-state index is 12.7. The van der Waals surface area contributed by atoms with Crippen LogP contribution in [-0.2, 0) is 16.0 Å². The van der Waals surface area contributed by atoms with E-state index in [1.165, 1.54) is 55.6 Å². The predicted molar refractivity (Wildman–Crippen MR) is 91.3 cm³/mol. The maximum absolute atomic E-state index is 12.7. The lowest BCUT2D eigenvalue weighted by molar-refractivity contribution is -0.143. The topological polar surface area (TPSA) is 29.5 Å². The predicted octanol–water partition coefficient (Wildman–Crippen LogP) is 3.27. The van der Waals surface area contributed by atoms with E-state index in [1.807, 2.05) is 6.08 Å². The molecule has 0 N–H and O–H groups in total. The summed E-state index contributed by atoms with van der Waals surface area (Å²) in [5, 5.41) is 0. The summed E-state index contributed by atoms with van der Waals surface area (Å²) < 4.78 is 5.80. The molecule has 3 heterocycles. The molecule has 3 aliphatic heterocycles. The Morgan fingerprint density at radius 3 is 2.57 bits per heavy atom. The number of esters is 1. The summed E-state index contributed by atoms with van der Waals surface area (Å²) in [5.41, 5.74) is 5.84. The first-order chi connectivity index (χ1) is 11.1. The van der Waals surface area contributed by atoms with Gasteiger partial charge in [-0.3, -0.25) is 0 Å². The molecule has 1 aliphatic carbocycles. The zero-order valence-electron chi connectivity index (χ0n) is 14.2. The molecule has 3 saturated heterocycles. The van der Waals surface area contributed by atoms with Crippen LogP contribution in [-0.4, -0.2) is 37.1 Å². The van der Waals surface area contributed by atoms with Crippen molar-refractivity contribution in [1.29, 1.82) is 0 Å². The fourth-order valence-electron chi connectivity index (χ4n) is 4.51.